The average molecular weight is 326 g/mol. The van der Waals surface area contributed by atoms with Gasteiger partial charge in [-0.1, -0.05) is 13.8 Å². The van der Waals surface area contributed by atoms with E-state index in [4.69, 9.17) is 0 Å². The molecule has 0 aliphatic carbocycles. The molecule has 0 fully saturated rings. The Morgan fingerprint density at radius 3 is 2.54 bits per heavy atom. The van der Waals surface area contributed by atoms with Crippen LogP contribution in [0.2, 0.25) is 0 Å². The highest BCUT2D eigenvalue weighted by atomic mass is 19.1. The number of anilines is 1. The summed E-state index contributed by atoms with van der Waals surface area (Å²) in [5.41, 5.74) is 3.33. The fourth-order valence-corrected chi connectivity index (χ4v) is 2.67. The maximum atomic E-state index is 13.0. The van der Waals surface area contributed by atoms with E-state index in [0.717, 1.165) is 16.8 Å². The van der Waals surface area contributed by atoms with Crippen LogP contribution in [0.15, 0.2) is 30.3 Å². The summed E-state index contributed by atoms with van der Waals surface area (Å²) < 4.78 is 14.7. The van der Waals surface area contributed by atoms with Crippen molar-refractivity contribution in [2.45, 2.75) is 26.7 Å². The lowest BCUT2D eigenvalue weighted by atomic mass is 10.0. The van der Waals surface area contributed by atoms with Gasteiger partial charge in [0.1, 0.15) is 5.82 Å². The third-order valence-corrected chi connectivity index (χ3v) is 3.93. The summed E-state index contributed by atoms with van der Waals surface area (Å²) in [5, 5.41) is 7.92. The van der Waals surface area contributed by atoms with Crippen LogP contribution >= 0.6 is 0 Å². The number of halogens is 1. The van der Waals surface area contributed by atoms with Crippen LogP contribution in [-0.2, 0) is 7.05 Å². The molecule has 6 heteroatoms. The van der Waals surface area contributed by atoms with Gasteiger partial charge >= 0.3 is 0 Å². The second-order valence-corrected chi connectivity index (χ2v) is 6.12. The zero-order valence-corrected chi connectivity index (χ0v) is 14.1. The summed E-state index contributed by atoms with van der Waals surface area (Å²) in [4.78, 5) is 17.4. The number of hydrogen-bond acceptors (Lipinski definition) is 3. The molecule has 0 atom stereocenters. The van der Waals surface area contributed by atoms with Crippen LogP contribution in [0.3, 0.4) is 0 Å². The maximum absolute atomic E-state index is 13.0. The second-order valence-electron chi connectivity index (χ2n) is 6.12. The molecule has 124 valence electrons. The Balaban J connectivity index is 2.09. The molecule has 5 nitrogen and oxygen atoms in total. The van der Waals surface area contributed by atoms with Gasteiger partial charge in [0.2, 0.25) is 0 Å². The monoisotopic (exact) mass is 326 g/mol. The number of hydrogen-bond donors (Lipinski definition) is 1. The zero-order chi connectivity index (χ0) is 17.4. The average Bonchev–Trinajstić information content (AvgIpc) is 2.83. The van der Waals surface area contributed by atoms with Gasteiger partial charge in [-0.3, -0.25) is 9.48 Å². The van der Waals surface area contributed by atoms with E-state index in [1.165, 1.54) is 24.3 Å². The van der Waals surface area contributed by atoms with Crippen molar-refractivity contribution in [2.24, 2.45) is 7.05 Å². The van der Waals surface area contributed by atoms with E-state index in [-0.39, 0.29) is 17.6 Å². The largest absolute Gasteiger partial charge is 0.322 e. The highest BCUT2D eigenvalue weighted by Gasteiger charge is 2.19. The molecule has 24 heavy (non-hydrogen) atoms. The first-order chi connectivity index (χ1) is 11.4. The van der Waals surface area contributed by atoms with Crippen molar-refractivity contribution in [3.05, 3.63) is 53.1 Å². The Hall–Kier alpha value is -2.76. The molecule has 3 rings (SSSR count). The number of aryl methyl sites for hydroxylation is 2. The number of nitrogens with one attached hydrogen (secondary N) is 1. The van der Waals surface area contributed by atoms with Crippen LogP contribution in [-0.4, -0.2) is 20.7 Å². The van der Waals surface area contributed by atoms with E-state index < -0.39 is 0 Å². The minimum Gasteiger partial charge on any atom is -0.322 e. The molecule has 0 aliphatic rings. The summed E-state index contributed by atoms with van der Waals surface area (Å²) in [7, 11) is 1.81. The minimum absolute atomic E-state index is 0.182. The number of carbonyl (C=O) groups is 1. The van der Waals surface area contributed by atoms with Gasteiger partial charge in [-0.2, -0.15) is 5.10 Å². The number of nitrogens with zero attached hydrogens (tertiary/aromatic N) is 3. The number of amides is 1. The third-order valence-electron chi connectivity index (χ3n) is 3.93. The third kappa shape index (κ3) is 2.87. The lowest BCUT2D eigenvalue weighted by Gasteiger charge is -2.11. The SMILES string of the molecule is Cc1nn(C)c2nc(C(C)C)cc(C(=O)Nc3ccc(F)cc3)c12. The number of pyridine rings is 1. The molecule has 1 aromatic carbocycles. The number of benzene rings is 1. The second kappa shape index (κ2) is 6.03. The zero-order valence-electron chi connectivity index (χ0n) is 14.1. The normalized spacial score (nSPS) is 11.2. The van der Waals surface area contributed by atoms with Crippen molar-refractivity contribution >= 4 is 22.6 Å². The van der Waals surface area contributed by atoms with E-state index in [1.54, 1.807) is 10.7 Å². The van der Waals surface area contributed by atoms with Gasteiger partial charge in [-0.15, -0.1) is 0 Å². The Morgan fingerprint density at radius 2 is 1.92 bits per heavy atom. The molecule has 0 unspecified atom stereocenters. The van der Waals surface area contributed by atoms with Crippen LogP contribution in [0.1, 0.15) is 41.5 Å². The van der Waals surface area contributed by atoms with Crippen molar-refractivity contribution in [1.82, 2.24) is 14.8 Å². The van der Waals surface area contributed by atoms with Gasteiger partial charge in [0.15, 0.2) is 5.65 Å². The smallest absolute Gasteiger partial charge is 0.256 e. The molecule has 0 bridgehead atoms. The summed E-state index contributed by atoms with van der Waals surface area (Å²) in [6.07, 6.45) is 0. The lowest BCUT2D eigenvalue weighted by molar-refractivity contribution is 0.102. The molecule has 1 N–H and O–H groups in total. The minimum atomic E-state index is -0.343. The molecule has 2 aromatic heterocycles. The van der Waals surface area contributed by atoms with Crippen molar-refractivity contribution in [1.29, 1.82) is 0 Å². The van der Waals surface area contributed by atoms with E-state index in [9.17, 15) is 9.18 Å². The molecule has 0 aliphatic heterocycles. The quantitative estimate of drug-likeness (QED) is 0.796. The molecule has 0 radical (unpaired) electrons. The fraction of sp³-hybridized carbons (Fsp3) is 0.278. The van der Waals surface area contributed by atoms with Gasteiger partial charge < -0.3 is 5.32 Å². The highest BCUT2D eigenvalue weighted by Crippen LogP contribution is 2.25. The van der Waals surface area contributed by atoms with Crippen LogP contribution in [0.5, 0.6) is 0 Å². The Kier molecular flexibility index (Phi) is 4.05. The standard InChI is InChI=1S/C18H19FN4O/c1-10(2)15-9-14(16-11(3)22-23(4)17(16)21-15)18(24)20-13-7-5-12(19)6-8-13/h5-10H,1-4H3,(H,20,24). The predicted molar refractivity (Wildman–Crippen MR) is 91.7 cm³/mol. The number of fused-ring (bicyclic) bond motifs is 1. The van der Waals surface area contributed by atoms with Crippen molar-refractivity contribution in [3.8, 4) is 0 Å². The molecule has 0 saturated carbocycles. The Bertz CT molecular complexity index is 913. The highest BCUT2D eigenvalue weighted by molar-refractivity contribution is 6.12. The number of carbonyl (C=O) groups excluding carboxylic acids is 1. The van der Waals surface area contributed by atoms with Crippen LogP contribution < -0.4 is 5.32 Å². The molecular weight excluding hydrogens is 307 g/mol. The van der Waals surface area contributed by atoms with Crippen molar-refractivity contribution in [3.63, 3.8) is 0 Å². The first-order valence-electron chi connectivity index (χ1n) is 7.78. The maximum Gasteiger partial charge on any atom is 0.256 e. The van der Waals surface area contributed by atoms with Gasteiger partial charge in [0.25, 0.3) is 5.91 Å². The van der Waals surface area contributed by atoms with Crippen LogP contribution in [0.25, 0.3) is 11.0 Å². The van der Waals surface area contributed by atoms with Crippen LogP contribution in [0, 0.1) is 12.7 Å². The summed E-state index contributed by atoms with van der Waals surface area (Å²) in [6.45, 7) is 5.91. The fourth-order valence-electron chi connectivity index (χ4n) is 2.67. The van der Waals surface area contributed by atoms with Gasteiger partial charge in [0, 0.05) is 18.4 Å². The number of rotatable bonds is 3. The van der Waals surface area contributed by atoms with E-state index >= 15 is 0 Å². The molecule has 0 saturated heterocycles. The van der Waals surface area contributed by atoms with Crippen LogP contribution in [0.4, 0.5) is 10.1 Å². The first kappa shape index (κ1) is 16.1. The van der Waals surface area contributed by atoms with E-state index in [1.807, 2.05) is 27.8 Å². The Labute approximate surface area is 139 Å². The summed E-state index contributed by atoms with van der Waals surface area (Å²) in [5.74, 6) is -0.418. The van der Waals surface area contributed by atoms with Gasteiger partial charge in [0.05, 0.1) is 16.6 Å². The first-order valence-corrected chi connectivity index (χ1v) is 7.78. The van der Waals surface area contributed by atoms with E-state index in [0.29, 0.717) is 16.9 Å². The predicted octanol–water partition coefficient (Wildman–Crippen LogP) is 3.79. The molecule has 1 amide bonds. The van der Waals surface area contributed by atoms with E-state index in [2.05, 4.69) is 15.4 Å². The van der Waals surface area contributed by atoms with Crippen molar-refractivity contribution < 1.29 is 9.18 Å². The number of aromatic nitrogens is 3. The molecule has 0 spiro atoms. The topological polar surface area (TPSA) is 59.8 Å². The summed E-state index contributed by atoms with van der Waals surface area (Å²) >= 11 is 0. The molecular formula is C18H19FN4O. The van der Waals surface area contributed by atoms with Gasteiger partial charge in [-0.05, 0) is 43.2 Å². The Morgan fingerprint density at radius 1 is 1.25 bits per heavy atom. The summed E-state index contributed by atoms with van der Waals surface area (Å²) in [6, 6.07) is 7.50. The molecule has 2 heterocycles. The lowest BCUT2D eigenvalue weighted by Crippen LogP contribution is -2.14. The molecule has 3 aromatic rings. The van der Waals surface area contributed by atoms with Gasteiger partial charge in [-0.25, -0.2) is 9.37 Å². The van der Waals surface area contributed by atoms with Crippen molar-refractivity contribution in [2.75, 3.05) is 5.32 Å².